The fourth-order valence-electron chi connectivity index (χ4n) is 4.02. The maximum atomic E-state index is 14.4. The maximum Gasteiger partial charge on any atom is 0.270 e. The number of hydrogen-bond donors (Lipinski definition) is 2. The predicted molar refractivity (Wildman–Crippen MR) is 108 cm³/mol. The van der Waals surface area contributed by atoms with Crippen LogP contribution in [0.15, 0.2) is 42.7 Å². The number of ether oxygens (including phenoxy) is 1. The Bertz CT molecular complexity index is 1100. The molecule has 1 aromatic carbocycles. The van der Waals surface area contributed by atoms with E-state index in [-0.39, 0.29) is 6.10 Å². The molecule has 0 bridgehead atoms. The first-order valence-electron chi connectivity index (χ1n) is 9.58. The Kier molecular flexibility index (Phi) is 4.73. The second-order valence-corrected chi connectivity index (χ2v) is 7.62. The van der Waals surface area contributed by atoms with Crippen LogP contribution >= 0.6 is 0 Å². The molecule has 7 nitrogen and oxygen atoms in total. The minimum atomic E-state index is -3.09. The molecule has 2 aromatic heterocycles. The van der Waals surface area contributed by atoms with Crippen molar-refractivity contribution in [1.29, 1.82) is 0 Å². The van der Waals surface area contributed by atoms with Gasteiger partial charge in [0.15, 0.2) is 5.65 Å². The molecule has 0 aliphatic heterocycles. The number of nitrogens with zero attached hydrogens (tertiary/aromatic N) is 3. The molecule has 158 valence electrons. The van der Waals surface area contributed by atoms with Crippen LogP contribution in [-0.2, 0) is 9.53 Å². The molecule has 2 N–H and O–H groups in total. The number of methoxy groups -OCH3 is 1. The molecule has 0 saturated heterocycles. The van der Waals surface area contributed by atoms with Crippen molar-refractivity contribution in [2.45, 2.75) is 31.8 Å². The second kappa shape index (κ2) is 7.02. The summed E-state index contributed by atoms with van der Waals surface area (Å²) in [6.07, 6.45) is 3.09. The number of alkyl halides is 2. The summed E-state index contributed by atoms with van der Waals surface area (Å²) in [4.78, 5) is 16.4. The first kappa shape index (κ1) is 20.2. The Balaban J connectivity index is 1.62. The van der Waals surface area contributed by atoms with E-state index < -0.39 is 23.2 Å². The molecule has 9 heteroatoms. The van der Waals surface area contributed by atoms with Gasteiger partial charge in [-0.2, -0.15) is 5.10 Å². The van der Waals surface area contributed by atoms with Crippen LogP contribution in [0, 0.1) is 5.41 Å². The number of hydrogen-bond acceptors (Lipinski definition) is 5. The zero-order valence-electron chi connectivity index (χ0n) is 17.1. The fraction of sp³-hybridized carbons (Fsp3) is 0.381. The van der Waals surface area contributed by atoms with Crippen LogP contribution in [0.2, 0.25) is 0 Å². The Morgan fingerprint density at radius 2 is 1.97 bits per heavy atom. The molecule has 1 aliphatic rings. The molecule has 2 unspecified atom stereocenters. The van der Waals surface area contributed by atoms with E-state index in [0.717, 1.165) is 5.69 Å². The number of aromatic nitrogens is 3. The molecule has 1 amide bonds. The summed E-state index contributed by atoms with van der Waals surface area (Å²) in [5, 5.41) is 9.91. The molecule has 1 fully saturated rings. The Morgan fingerprint density at radius 3 is 2.60 bits per heavy atom. The van der Waals surface area contributed by atoms with Crippen LogP contribution in [0.25, 0.3) is 5.65 Å². The van der Waals surface area contributed by atoms with Gasteiger partial charge in [-0.05, 0) is 31.5 Å². The lowest BCUT2D eigenvalue weighted by Gasteiger charge is -2.17. The van der Waals surface area contributed by atoms with Gasteiger partial charge in [-0.25, -0.2) is 18.3 Å². The third-order valence-electron chi connectivity index (χ3n) is 5.96. The van der Waals surface area contributed by atoms with Crippen molar-refractivity contribution in [3.63, 3.8) is 0 Å². The average molecular weight is 415 g/mol. The number of rotatable bonds is 6. The van der Waals surface area contributed by atoms with Gasteiger partial charge in [0.1, 0.15) is 5.41 Å². The van der Waals surface area contributed by atoms with E-state index in [9.17, 15) is 13.6 Å². The van der Waals surface area contributed by atoms with Crippen LogP contribution in [0.3, 0.4) is 0 Å². The summed E-state index contributed by atoms with van der Waals surface area (Å²) in [5.41, 5.74) is 1.56. The van der Waals surface area contributed by atoms with Gasteiger partial charge in [0.05, 0.1) is 35.8 Å². The predicted octanol–water partition coefficient (Wildman–Crippen LogP) is 3.67. The number of anilines is 2. The van der Waals surface area contributed by atoms with E-state index in [1.165, 1.54) is 14.0 Å². The number of carbonyl (C=O) groups excluding carboxylic acids is 1. The summed E-state index contributed by atoms with van der Waals surface area (Å²) in [5.74, 6) is -4.89. The lowest BCUT2D eigenvalue weighted by Crippen LogP contribution is -2.31. The van der Waals surface area contributed by atoms with Gasteiger partial charge in [0.2, 0.25) is 5.91 Å². The van der Waals surface area contributed by atoms with Gasteiger partial charge in [0.25, 0.3) is 5.92 Å². The minimum absolute atomic E-state index is 0.254. The van der Waals surface area contributed by atoms with Gasteiger partial charge in [-0.15, -0.1) is 0 Å². The molecule has 1 aliphatic carbocycles. The average Bonchev–Trinajstić information content (AvgIpc) is 3.04. The van der Waals surface area contributed by atoms with Crippen molar-refractivity contribution in [3.05, 3.63) is 54.0 Å². The molecule has 0 spiro atoms. The number of amides is 1. The standard InChI is InChI=1S/C21H23F2N5O2/c1-12(30-4)17-15(11-25-16-9-10-26-28(16)17)27-14-7-5-13(6-8-14)18-20(2,19(29)24-3)21(18,22)23/h5-12,18,27H,1-4H3,(H,24,29)/t12-,18?,20?/m0/s1. The molecule has 1 saturated carbocycles. The van der Waals surface area contributed by atoms with Crippen LogP contribution in [0.1, 0.15) is 37.1 Å². The van der Waals surface area contributed by atoms with Crippen LogP contribution < -0.4 is 10.6 Å². The smallest absolute Gasteiger partial charge is 0.270 e. The lowest BCUT2D eigenvalue weighted by molar-refractivity contribution is -0.128. The van der Waals surface area contributed by atoms with Gasteiger partial charge in [-0.1, -0.05) is 12.1 Å². The van der Waals surface area contributed by atoms with Crippen molar-refractivity contribution in [3.8, 4) is 0 Å². The largest absolute Gasteiger partial charge is 0.375 e. The second-order valence-electron chi connectivity index (χ2n) is 7.62. The molecule has 3 atom stereocenters. The van der Waals surface area contributed by atoms with Crippen molar-refractivity contribution in [1.82, 2.24) is 19.9 Å². The molecule has 30 heavy (non-hydrogen) atoms. The summed E-state index contributed by atoms with van der Waals surface area (Å²) >= 11 is 0. The number of halogens is 2. The van der Waals surface area contributed by atoms with Crippen molar-refractivity contribution < 1.29 is 18.3 Å². The quantitative estimate of drug-likeness (QED) is 0.642. The molecule has 0 radical (unpaired) electrons. The third-order valence-corrected chi connectivity index (χ3v) is 5.96. The van der Waals surface area contributed by atoms with Gasteiger partial charge in [-0.3, -0.25) is 4.79 Å². The highest BCUT2D eigenvalue weighted by atomic mass is 19.3. The monoisotopic (exact) mass is 415 g/mol. The van der Waals surface area contributed by atoms with Crippen molar-refractivity contribution in [2.75, 3.05) is 19.5 Å². The summed E-state index contributed by atoms with van der Waals surface area (Å²) in [7, 11) is 2.98. The first-order valence-corrected chi connectivity index (χ1v) is 9.58. The zero-order chi connectivity index (χ0) is 21.7. The molecule has 3 aromatic rings. The molecule has 2 heterocycles. The van der Waals surface area contributed by atoms with Gasteiger partial charge in [0, 0.05) is 25.9 Å². The van der Waals surface area contributed by atoms with Crippen LogP contribution in [0.4, 0.5) is 20.2 Å². The minimum Gasteiger partial charge on any atom is -0.375 e. The first-order chi connectivity index (χ1) is 14.3. The molecular weight excluding hydrogens is 392 g/mol. The van der Waals surface area contributed by atoms with E-state index in [1.54, 1.807) is 54.4 Å². The Labute approximate surface area is 172 Å². The van der Waals surface area contributed by atoms with Crippen molar-refractivity contribution >= 4 is 22.9 Å². The zero-order valence-corrected chi connectivity index (χ0v) is 17.1. The highest BCUT2D eigenvalue weighted by Gasteiger charge is 2.82. The van der Waals surface area contributed by atoms with E-state index in [0.29, 0.717) is 22.6 Å². The number of benzene rings is 1. The fourth-order valence-corrected chi connectivity index (χ4v) is 4.02. The third kappa shape index (κ3) is 2.84. The van der Waals surface area contributed by atoms with Crippen LogP contribution in [-0.4, -0.2) is 40.6 Å². The van der Waals surface area contributed by atoms with E-state index >= 15 is 0 Å². The van der Waals surface area contributed by atoms with E-state index in [1.807, 2.05) is 6.92 Å². The summed E-state index contributed by atoms with van der Waals surface area (Å²) in [6, 6.07) is 8.46. The van der Waals surface area contributed by atoms with Gasteiger partial charge < -0.3 is 15.4 Å². The van der Waals surface area contributed by atoms with Gasteiger partial charge >= 0.3 is 0 Å². The Hall–Kier alpha value is -3.07. The number of fused-ring (bicyclic) bond motifs is 1. The van der Waals surface area contributed by atoms with Crippen LogP contribution in [0.5, 0.6) is 0 Å². The topological polar surface area (TPSA) is 80.5 Å². The van der Waals surface area contributed by atoms with E-state index in [4.69, 9.17) is 4.74 Å². The maximum absolute atomic E-state index is 14.4. The van der Waals surface area contributed by atoms with E-state index in [2.05, 4.69) is 20.7 Å². The Morgan fingerprint density at radius 1 is 1.27 bits per heavy atom. The summed E-state index contributed by atoms with van der Waals surface area (Å²) in [6.45, 7) is 3.20. The normalized spacial score (nSPS) is 23.2. The highest BCUT2D eigenvalue weighted by molar-refractivity contribution is 5.89. The SMILES string of the molecule is CNC(=O)C1(C)C(c2ccc(Nc3cnc4ccnn4c3[C@H](C)OC)cc2)C1(F)F. The number of nitrogens with one attached hydrogen (secondary N) is 2. The lowest BCUT2D eigenvalue weighted by atomic mass is 10.00. The summed E-state index contributed by atoms with van der Waals surface area (Å²) < 4.78 is 36.0. The van der Waals surface area contributed by atoms with Crippen molar-refractivity contribution in [2.24, 2.45) is 5.41 Å². The molecule has 4 rings (SSSR count). The number of carbonyl (C=O) groups is 1. The highest BCUT2D eigenvalue weighted by Crippen LogP contribution is 2.71. The molecular formula is C21H23F2N5O2.